The van der Waals surface area contributed by atoms with E-state index >= 15 is 0 Å². The third-order valence-corrected chi connectivity index (χ3v) is 6.95. The Morgan fingerprint density at radius 3 is 2.45 bits per heavy atom. The lowest BCUT2D eigenvalue weighted by molar-refractivity contribution is -0.119. The van der Waals surface area contributed by atoms with Gasteiger partial charge in [0.25, 0.3) is 5.91 Å². The first-order valence-electron chi connectivity index (χ1n) is 13.6. The number of rotatable bonds is 9. The van der Waals surface area contributed by atoms with Crippen LogP contribution < -0.4 is 16.0 Å². The van der Waals surface area contributed by atoms with Gasteiger partial charge in [0.15, 0.2) is 0 Å². The molecule has 6 aromatic rings. The van der Waals surface area contributed by atoms with Crippen molar-refractivity contribution in [2.45, 2.75) is 0 Å². The second kappa shape index (κ2) is 12.7. The Hall–Kier alpha value is -5.58. The highest BCUT2D eigenvalue weighted by Crippen LogP contribution is 2.33. The molecule has 0 aliphatic heterocycles. The number of imidazole rings is 1. The summed E-state index contributed by atoms with van der Waals surface area (Å²) < 4.78 is 6.85. The highest BCUT2D eigenvalue weighted by atomic mass is 35.5. The number of amides is 2. The zero-order chi connectivity index (χ0) is 30.5. The molecule has 0 unspecified atom stereocenters. The number of pyridine rings is 1. The highest BCUT2D eigenvalue weighted by Gasteiger charge is 2.19. The number of fused-ring (bicyclic) bond motifs is 1. The van der Waals surface area contributed by atoms with E-state index in [4.69, 9.17) is 26.3 Å². The van der Waals surface area contributed by atoms with Crippen LogP contribution in [0.4, 0.5) is 23.0 Å². The Kier molecular flexibility index (Phi) is 8.26. The van der Waals surface area contributed by atoms with Gasteiger partial charge in [-0.3, -0.25) is 14.0 Å². The Balaban J connectivity index is 1.33. The SMILES string of the molecule is COCC(=O)Nc1cccc(Nc2nccc(-c3c(-c4cccc(NC(=O)c5ccccc5Cl)c4)nc4ccccn34)n2)c1. The van der Waals surface area contributed by atoms with E-state index in [2.05, 4.69) is 20.9 Å². The monoisotopic (exact) mass is 603 g/mol. The van der Waals surface area contributed by atoms with Gasteiger partial charge in [-0.25, -0.2) is 15.0 Å². The largest absolute Gasteiger partial charge is 0.375 e. The second-order valence-electron chi connectivity index (χ2n) is 9.71. The molecule has 44 heavy (non-hydrogen) atoms. The van der Waals surface area contributed by atoms with Crippen molar-refractivity contribution in [1.29, 1.82) is 0 Å². The molecule has 3 N–H and O–H groups in total. The van der Waals surface area contributed by atoms with Gasteiger partial charge in [0.2, 0.25) is 11.9 Å². The number of aromatic nitrogens is 4. The predicted molar refractivity (Wildman–Crippen MR) is 171 cm³/mol. The summed E-state index contributed by atoms with van der Waals surface area (Å²) in [5.74, 6) is -0.201. The van der Waals surface area contributed by atoms with Crippen LogP contribution in [-0.4, -0.2) is 44.9 Å². The Morgan fingerprint density at radius 1 is 0.841 bits per heavy atom. The summed E-state index contributed by atoms with van der Waals surface area (Å²) in [6.07, 6.45) is 3.59. The molecule has 0 bridgehead atoms. The number of halogens is 1. The molecule has 0 radical (unpaired) electrons. The topological polar surface area (TPSA) is 123 Å². The molecular weight excluding hydrogens is 578 g/mol. The molecule has 0 aliphatic carbocycles. The lowest BCUT2D eigenvalue weighted by Gasteiger charge is -2.11. The molecule has 218 valence electrons. The minimum absolute atomic E-state index is 0.0406. The molecule has 0 spiro atoms. The van der Waals surface area contributed by atoms with E-state index in [1.807, 2.05) is 71.3 Å². The minimum atomic E-state index is -0.308. The van der Waals surface area contributed by atoms with Gasteiger partial charge in [-0.15, -0.1) is 0 Å². The lowest BCUT2D eigenvalue weighted by atomic mass is 10.1. The predicted octanol–water partition coefficient (Wildman–Crippen LogP) is 6.69. The average Bonchev–Trinajstić information content (AvgIpc) is 3.42. The third kappa shape index (κ3) is 6.26. The number of carbonyl (C=O) groups excluding carboxylic acids is 2. The summed E-state index contributed by atoms with van der Waals surface area (Å²) in [6.45, 7) is -0.0406. The fourth-order valence-electron chi connectivity index (χ4n) is 4.71. The number of hydrogen-bond donors (Lipinski definition) is 3. The first-order valence-corrected chi connectivity index (χ1v) is 14.0. The van der Waals surface area contributed by atoms with E-state index in [0.717, 1.165) is 16.9 Å². The van der Waals surface area contributed by atoms with Crippen LogP contribution >= 0.6 is 11.6 Å². The Morgan fingerprint density at radius 2 is 1.61 bits per heavy atom. The standard InChI is InChI=1S/C33H26ClN7O3/c1-44-20-29(42)36-23-10-7-11-24(19-23)38-33-35-16-15-27(39-33)31-30(40-28-14-4-5-17-41(28)31)21-8-6-9-22(18-21)37-32(43)25-12-2-3-13-26(25)34/h2-19H,20H2,1H3,(H,36,42)(H,37,43)(H,35,38,39). The Bertz CT molecular complexity index is 1990. The van der Waals surface area contributed by atoms with Crippen molar-refractivity contribution in [3.8, 4) is 22.6 Å². The molecule has 0 fully saturated rings. The van der Waals surface area contributed by atoms with Crippen molar-refractivity contribution in [1.82, 2.24) is 19.4 Å². The molecule has 11 heteroatoms. The summed E-state index contributed by atoms with van der Waals surface area (Å²) in [6, 6.07) is 29.2. The molecule has 0 atom stereocenters. The van der Waals surface area contributed by atoms with Gasteiger partial charge in [0.1, 0.15) is 12.3 Å². The van der Waals surface area contributed by atoms with Gasteiger partial charge in [-0.1, -0.05) is 48.0 Å². The number of carbonyl (C=O) groups is 2. The number of benzene rings is 3. The molecule has 0 aliphatic rings. The smallest absolute Gasteiger partial charge is 0.257 e. The van der Waals surface area contributed by atoms with Crippen LogP contribution in [0, 0.1) is 0 Å². The van der Waals surface area contributed by atoms with Crippen LogP contribution in [0.25, 0.3) is 28.3 Å². The number of anilines is 4. The zero-order valence-electron chi connectivity index (χ0n) is 23.5. The second-order valence-corrected chi connectivity index (χ2v) is 10.1. The maximum atomic E-state index is 12.9. The number of hydrogen-bond acceptors (Lipinski definition) is 7. The number of nitrogens with one attached hydrogen (secondary N) is 3. The van der Waals surface area contributed by atoms with Crippen LogP contribution in [-0.2, 0) is 9.53 Å². The van der Waals surface area contributed by atoms with Crippen LogP contribution in [0.15, 0.2) is 109 Å². The molecular formula is C33H26ClN7O3. The van der Waals surface area contributed by atoms with Crippen molar-refractivity contribution in [3.63, 3.8) is 0 Å². The highest BCUT2D eigenvalue weighted by molar-refractivity contribution is 6.34. The Labute approximate surface area is 257 Å². The van der Waals surface area contributed by atoms with Crippen molar-refractivity contribution in [3.05, 3.63) is 120 Å². The van der Waals surface area contributed by atoms with Crippen LogP contribution in [0.2, 0.25) is 5.02 Å². The van der Waals surface area contributed by atoms with E-state index in [1.54, 1.807) is 42.6 Å². The van der Waals surface area contributed by atoms with E-state index in [0.29, 0.717) is 45.0 Å². The fourth-order valence-corrected chi connectivity index (χ4v) is 4.93. The first-order chi connectivity index (χ1) is 21.5. The van der Waals surface area contributed by atoms with E-state index < -0.39 is 0 Å². The summed E-state index contributed by atoms with van der Waals surface area (Å²) in [4.78, 5) is 39.0. The zero-order valence-corrected chi connectivity index (χ0v) is 24.2. The lowest BCUT2D eigenvalue weighted by Crippen LogP contribution is -2.17. The van der Waals surface area contributed by atoms with Gasteiger partial charge in [-0.05, 0) is 60.7 Å². The molecule has 2 amide bonds. The fraction of sp³-hybridized carbons (Fsp3) is 0.0606. The maximum Gasteiger partial charge on any atom is 0.257 e. The van der Waals surface area contributed by atoms with E-state index in [1.165, 1.54) is 7.11 Å². The van der Waals surface area contributed by atoms with Gasteiger partial charge >= 0.3 is 0 Å². The average molecular weight is 604 g/mol. The van der Waals surface area contributed by atoms with Gasteiger partial charge < -0.3 is 20.7 Å². The van der Waals surface area contributed by atoms with Crippen molar-refractivity contribution < 1.29 is 14.3 Å². The number of ether oxygens (including phenoxy) is 1. The van der Waals surface area contributed by atoms with Gasteiger partial charge in [0.05, 0.1) is 27.7 Å². The maximum absolute atomic E-state index is 12.9. The van der Waals surface area contributed by atoms with E-state index in [9.17, 15) is 9.59 Å². The van der Waals surface area contributed by atoms with Crippen LogP contribution in [0.1, 0.15) is 10.4 Å². The van der Waals surface area contributed by atoms with E-state index in [-0.39, 0.29) is 18.4 Å². The third-order valence-electron chi connectivity index (χ3n) is 6.62. The number of nitrogens with zero attached hydrogens (tertiary/aromatic N) is 4. The molecule has 3 heterocycles. The normalized spacial score (nSPS) is 10.9. The molecule has 6 rings (SSSR count). The van der Waals surface area contributed by atoms with Crippen molar-refractivity contribution in [2.75, 3.05) is 29.7 Å². The molecule has 10 nitrogen and oxygen atoms in total. The van der Waals surface area contributed by atoms with Crippen LogP contribution in [0.3, 0.4) is 0 Å². The summed E-state index contributed by atoms with van der Waals surface area (Å²) in [5, 5.41) is 9.31. The van der Waals surface area contributed by atoms with Crippen LogP contribution in [0.5, 0.6) is 0 Å². The molecule has 0 saturated carbocycles. The van der Waals surface area contributed by atoms with Crippen molar-refractivity contribution in [2.24, 2.45) is 0 Å². The quantitative estimate of drug-likeness (QED) is 0.168. The van der Waals surface area contributed by atoms with Crippen molar-refractivity contribution >= 4 is 52.1 Å². The summed E-state index contributed by atoms with van der Waals surface area (Å²) >= 11 is 6.24. The van der Waals surface area contributed by atoms with Gasteiger partial charge in [-0.2, -0.15) is 0 Å². The summed E-state index contributed by atoms with van der Waals surface area (Å²) in [7, 11) is 1.47. The molecule has 0 saturated heterocycles. The van der Waals surface area contributed by atoms with Gasteiger partial charge in [0, 0.05) is 42.1 Å². The minimum Gasteiger partial charge on any atom is -0.375 e. The summed E-state index contributed by atoms with van der Waals surface area (Å²) in [5.41, 5.74) is 5.86. The molecule has 3 aromatic carbocycles. The first kappa shape index (κ1) is 28.5. The number of methoxy groups -OCH3 is 1. The molecule has 3 aromatic heterocycles.